The molecule has 1 aliphatic carbocycles. The monoisotopic (exact) mass is 278 g/mol. The quantitative estimate of drug-likeness (QED) is 0.903. The van der Waals surface area contributed by atoms with Crippen molar-refractivity contribution < 1.29 is 23.6 Å². The highest BCUT2D eigenvalue weighted by Crippen LogP contribution is 2.38. The molecule has 0 bridgehead atoms. The lowest BCUT2D eigenvalue weighted by atomic mass is 10.2. The minimum Gasteiger partial charge on any atom is -0.484 e. The van der Waals surface area contributed by atoms with Crippen molar-refractivity contribution in [2.75, 3.05) is 0 Å². The van der Waals surface area contributed by atoms with Gasteiger partial charge in [-0.2, -0.15) is 4.98 Å². The number of ether oxygens (including phenoxy) is 1. The van der Waals surface area contributed by atoms with E-state index in [2.05, 4.69) is 10.1 Å². The fourth-order valence-electron chi connectivity index (χ4n) is 1.75. The van der Waals surface area contributed by atoms with Crippen LogP contribution in [0.1, 0.15) is 40.8 Å². The highest BCUT2D eigenvalue weighted by Gasteiger charge is 2.28. The van der Waals surface area contributed by atoms with Crippen LogP contribution < -0.4 is 4.74 Å². The molecule has 3 rings (SSSR count). The van der Waals surface area contributed by atoms with Crippen molar-refractivity contribution in [1.82, 2.24) is 10.1 Å². The van der Waals surface area contributed by atoms with Crippen LogP contribution >= 0.6 is 0 Å². The molecule has 6 nitrogen and oxygen atoms in total. The zero-order chi connectivity index (χ0) is 14.1. The molecule has 1 aromatic carbocycles. The predicted octanol–water partition coefficient (Wildman–Crippen LogP) is 2.36. The van der Waals surface area contributed by atoms with Crippen LogP contribution in [0.2, 0.25) is 0 Å². The zero-order valence-electron chi connectivity index (χ0n) is 10.4. The summed E-state index contributed by atoms with van der Waals surface area (Å²) >= 11 is 0. The largest absolute Gasteiger partial charge is 0.484 e. The number of hydrogen-bond donors (Lipinski definition) is 1. The Morgan fingerprint density at radius 1 is 1.45 bits per heavy atom. The van der Waals surface area contributed by atoms with Crippen LogP contribution in [0, 0.1) is 5.82 Å². The summed E-state index contributed by atoms with van der Waals surface area (Å²) in [6.45, 7) is -0.0256. The van der Waals surface area contributed by atoms with Crippen molar-refractivity contribution >= 4 is 5.97 Å². The fraction of sp³-hybridized carbons (Fsp3) is 0.308. The molecule has 1 aliphatic rings. The van der Waals surface area contributed by atoms with Gasteiger partial charge < -0.3 is 14.4 Å². The van der Waals surface area contributed by atoms with E-state index in [9.17, 15) is 9.18 Å². The molecule has 0 amide bonds. The number of hydrogen-bond acceptors (Lipinski definition) is 5. The zero-order valence-corrected chi connectivity index (χ0v) is 10.4. The first-order valence-corrected chi connectivity index (χ1v) is 6.11. The minimum absolute atomic E-state index is 0.0256. The summed E-state index contributed by atoms with van der Waals surface area (Å²) in [5.41, 5.74) is -0.177. The summed E-state index contributed by atoms with van der Waals surface area (Å²) in [5, 5.41) is 12.6. The van der Waals surface area contributed by atoms with Crippen molar-refractivity contribution in [2.24, 2.45) is 0 Å². The molecule has 1 heterocycles. The summed E-state index contributed by atoms with van der Waals surface area (Å²) in [7, 11) is 0. The average molecular weight is 278 g/mol. The lowest BCUT2D eigenvalue weighted by molar-refractivity contribution is 0.0695. The molecule has 0 aliphatic heterocycles. The molecule has 0 unspecified atom stereocenters. The van der Waals surface area contributed by atoms with Crippen LogP contribution in [-0.4, -0.2) is 21.2 Å². The Balaban J connectivity index is 1.69. The Bertz CT molecular complexity index is 652. The summed E-state index contributed by atoms with van der Waals surface area (Å²) in [6.07, 6.45) is 2.12. The molecular weight excluding hydrogens is 267 g/mol. The van der Waals surface area contributed by atoms with E-state index in [4.69, 9.17) is 14.4 Å². The third-order valence-corrected chi connectivity index (χ3v) is 2.91. The molecule has 1 aromatic heterocycles. The second-order valence-electron chi connectivity index (χ2n) is 4.59. The van der Waals surface area contributed by atoms with E-state index in [1.54, 1.807) is 0 Å². The molecule has 20 heavy (non-hydrogen) atoms. The van der Waals surface area contributed by atoms with Gasteiger partial charge in [0.25, 0.3) is 5.89 Å². The Morgan fingerprint density at radius 2 is 2.25 bits per heavy atom. The van der Waals surface area contributed by atoms with E-state index in [1.807, 2.05) is 0 Å². The number of nitrogens with zero attached hydrogens (tertiary/aromatic N) is 2. The Labute approximate surface area is 113 Å². The molecule has 2 aromatic rings. The summed E-state index contributed by atoms with van der Waals surface area (Å²) < 4.78 is 23.5. The second-order valence-corrected chi connectivity index (χ2v) is 4.59. The van der Waals surface area contributed by atoms with Gasteiger partial charge in [-0.3, -0.25) is 0 Å². The molecule has 1 saturated carbocycles. The number of carboxylic acid groups (broad SMARTS) is 1. The van der Waals surface area contributed by atoms with Crippen molar-refractivity contribution in [2.45, 2.75) is 25.4 Å². The first-order chi connectivity index (χ1) is 9.61. The molecule has 0 atom stereocenters. The number of halogens is 1. The summed E-state index contributed by atoms with van der Waals surface area (Å²) in [5.74, 6) is -0.469. The Morgan fingerprint density at radius 3 is 2.95 bits per heavy atom. The molecule has 1 N–H and O–H groups in total. The first kappa shape index (κ1) is 12.6. The van der Waals surface area contributed by atoms with Gasteiger partial charge in [0.2, 0.25) is 0 Å². The number of aromatic carboxylic acids is 1. The SMILES string of the molecule is O=C(O)c1cc(F)cc(OCc2nc(C3CC3)no2)c1. The van der Waals surface area contributed by atoms with E-state index < -0.39 is 11.8 Å². The van der Waals surface area contributed by atoms with Crippen LogP contribution in [0.5, 0.6) is 5.75 Å². The topological polar surface area (TPSA) is 85.5 Å². The molecule has 0 saturated heterocycles. The summed E-state index contributed by atoms with van der Waals surface area (Å²) in [6, 6.07) is 3.27. The van der Waals surface area contributed by atoms with Gasteiger partial charge in [-0.15, -0.1) is 0 Å². The van der Waals surface area contributed by atoms with Gasteiger partial charge >= 0.3 is 5.97 Å². The van der Waals surface area contributed by atoms with Crippen LogP contribution in [-0.2, 0) is 6.61 Å². The van der Waals surface area contributed by atoms with Gasteiger partial charge in [0, 0.05) is 12.0 Å². The minimum atomic E-state index is -1.22. The molecule has 0 radical (unpaired) electrons. The van der Waals surface area contributed by atoms with Gasteiger partial charge in [-0.1, -0.05) is 5.16 Å². The lowest BCUT2D eigenvalue weighted by Gasteiger charge is -2.04. The van der Waals surface area contributed by atoms with Gasteiger partial charge in [0.1, 0.15) is 11.6 Å². The maximum Gasteiger partial charge on any atom is 0.335 e. The number of benzene rings is 1. The van der Waals surface area contributed by atoms with E-state index in [0.717, 1.165) is 25.0 Å². The van der Waals surface area contributed by atoms with E-state index >= 15 is 0 Å². The lowest BCUT2D eigenvalue weighted by Crippen LogP contribution is -2.01. The maximum atomic E-state index is 13.2. The van der Waals surface area contributed by atoms with Crippen LogP contribution in [0.15, 0.2) is 22.7 Å². The van der Waals surface area contributed by atoms with Gasteiger partial charge in [-0.05, 0) is 25.0 Å². The number of carbonyl (C=O) groups is 1. The highest BCUT2D eigenvalue weighted by atomic mass is 19.1. The van der Waals surface area contributed by atoms with Crippen LogP contribution in [0.4, 0.5) is 4.39 Å². The molecule has 7 heteroatoms. The number of rotatable bonds is 5. The van der Waals surface area contributed by atoms with Gasteiger partial charge in [0.15, 0.2) is 12.4 Å². The highest BCUT2D eigenvalue weighted by molar-refractivity contribution is 5.88. The summed E-state index contributed by atoms with van der Waals surface area (Å²) in [4.78, 5) is 15.0. The van der Waals surface area contributed by atoms with E-state index in [1.165, 1.54) is 6.07 Å². The van der Waals surface area contributed by atoms with Crippen LogP contribution in [0.25, 0.3) is 0 Å². The fourth-order valence-corrected chi connectivity index (χ4v) is 1.75. The number of carboxylic acids is 1. The standard InChI is InChI=1S/C13H11FN2O4/c14-9-3-8(13(17)18)4-10(5-9)19-6-11-15-12(16-20-11)7-1-2-7/h3-5,7H,1-2,6H2,(H,17,18). The van der Waals surface area contributed by atoms with Crippen molar-refractivity contribution in [3.8, 4) is 5.75 Å². The molecule has 0 spiro atoms. The normalized spacial score (nSPS) is 14.2. The molecular formula is C13H11FN2O4. The van der Waals surface area contributed by atoms with Gasteiger partial charge in [-0.25, -0.2) is 9.18 Å². The Hall–Kier alpha value is -2.44. The third-order valence-electron chi connectivity index (χ3n) is 2.91. The Kier molecular flexibility index (Phi) is 3.09. The smallest absolute Gasteiger partial charge is 0.335 e. The molecule has 1 fully saturated rings. The third kappa shape index (κ3) is 2.76. The second kappa shape index (κ2) is 4.92. The van der Waals surface area contributed by atoms with Crippen LogP contribution in [0.3, 0.4) is 0 Å². The van der Waals surface area contributed by atoms with Crippen molar-refractivity contribution in [3.63, 3.8) is 0 Å². The number of aromatic nitrogens is 2. The first-order valence-electron chi connectivity index (χ1n) is 6.11. The maximum absolute atomic E-state index is 13.2. The average Bonchev–Trinajstić information content (AvgIpc) is 3.15. The van der Waals surface area contributed by atoms with E-state index in [0.29, 0.717) is 11.7 Å². The predicted molar refractivity (Wildman–Crippen MR) is 64.0 cm³/mol. The van der Waals surface area contributed by atoms with Crippen molar-refractivity contribution in [1.29, 1.82) is 0 Å². The van der Waals surface area contributed by atoms with Crippen molar-refractivity contribution in [3.05, 3.63) is 41.3 Å². The van der Waals surface area contributed by atoms with E-state index in [-0.39, 0.29) is 23.8 Å². The molecule has 104 valence electrons. The van der Waals surface area contributed by atoms with Gasteiger partial charge in [0.05, 0.1) is 5.56 Å².